The van der Waals surface area contributed by atoms with E-state index in [1.807, 2.05) is 13.1 Å². The lowest BCUT2D eigenvalue weighted by Gasteiger charge is -2.11. The van der Waals surface area contributed by atoms with E-state index in [0.717, 1.165) is 5.56 Å². The van der Waals surface area contributed by atoms with Crippen molar-refractivity contribution in [3.8, 4) is 11.4 Å². The topological polar surface area (TPSA) is 60.2 Å². The molecule has 2 aromatic rings. The Balaban J connectivity index is 1.88. The average molecular weight is 314 g/mol. The SMILES string of the molecule is CNC1COCC1c1nc(-c2ccc(Cl)c(Cl)c2)no1. The molecule has 1 aromatic heterocycles. The van der Waals surface area contributed by atoms with Crippen LogP contribution in [-0.4, -0.2) is 36.4 Å². The normalized spacial score (nSPS) is 22.4. The molecule has 1 aliphatic rings. The number of ether oxygens (including phenoxy) is 1. The number of aromatic nitrogens is 2. The Morgan fingerprint density at radius 3 is 2.85 bits per heavy atom. The summed E-state index contributed by atoms with van der Waals surface area (Å²) in [6.07, 6.45) is 0. The molecule has 3 rings (SSSR count). The molecule has 0 amide bonds. The number of hydrogen-bond donors (Lipinski definition) is 1. The summed E-state index contributed by atoms with van der Waals surface area (Å²) in [7, 11) is 1.89. The van der Waals surface area contributed by atoms with Gasteiger partial charge in [0.25, 0.3) is 0 Å². The van der Waals surface area contributed by atoms with Crippen LogP contribution >= 0.6 is 23.2 Å². The Morgan fingerprint density at radius 2 is 2.10 bits per heavy atom. The van der Waals surface area contributed by atoms with E-state index in [1.54, 1.807) is 12.1 Å². The van der Waals surface area contributed by atoms with Gasteiger partial charge < -0.3 is 14.6 Å². The molecular weight excluding hydrogens is 301 g/mol. The lowest BCUT2D eigenvalue weighted by Crippen LogP contribution is -2.31. The average Bonchev–Trinajstić information content (AvgIpc) is 3.09. The molecule has 0 aliphatic carbocycles. The Labute approximate surface area is 126 Å². The van der Waals surface area contributed by atoms with Crippen LogP contribution in [0.3, 0.4) is 0 Å². The quantitative estimate of drug-likeness (QED) is 0.944. The molecule has 0 bridgehead atoms. The maximum absolute atomic E-state index is 6.00. The highest BCUT2D eigenvalue weighted by molar-refractivity contribution is 6.42. The maximum Gasteiger partial charge on any atom is 0.234 e. The van der Waals surface area contributed by atoms with Crippen molar-refractivity contribution < 1.29 is 9.26 Å². The first-order chi connectivity index (χ1) is 9.69. The zero-order chi connectivity index (χ0) is 14.1. The standard InChI is InChI=1S/C13H13Cl2N3O2/c1-16-11-6-19-5-8(11)13-17-12(18-20-13)7-2-3-9(14)10(15)4-7/h2-4,8,11,16H,5-6H2,1H3. The van der Waals surface area contributed by atoms with Crippen molar-refractivity contribution in [2.45, 2.75) is 12.0 Å². The smallest absolute Gasteiger partial charge is 0.234 e. The fraction of sp³-hybridized carbons (Fsp3) is 0.385. The van der Waals surface area contributed by atoms with Gasteiger partial charge in [-0.2, -0.15) is 4.98 Å². The molecule has 1 aromatic carbocycles. The number of hydrogen-bond acceptors (Lipinski definition) is 5. The van der Waals surface area contributed by atoms with Gasteiger partial charge in [-0.1, -0.05) is 28.4 Å². The lowest BCUT2D eigenvalue weighted by atomic mass is 10.0. The van der Waals surface area contributed by atoms with E-state index in [4.69, 9.17) is 32.5 Å². The second kappa shape index (κ2) is 5.69. The number of rotatable bonds is 3. The van der Waals surface area contributed by atoms with Crippen LogP contribution in [0.15, 0.2) is 22.7 Å². The largest absolute Gasteiger partial charge is 0.379 e. The first-order valence-corrected chi connectivity index (χ1v) is 6.98. The third kappa shape index (κ3) is 2.54. The summed E-state index contributed by atoms with van der Waals surface area (Å²) < 4.78 is 10.8. The van der Waals surface area contributed by atoms with E-state index in [9.17, 15) is 0 Å². The van der Waals surface area contributed by atoms with Gasteiger partial charge in [0.05, 0.1) is 29.2 Å². The molecule has 1 saturated heterocycles. The molecule has 0 saturated carbocycles. The van der Waals surface area contributed by atoms with Crippen LogP contribution < -0.4 is 5.32 Å². The van der Waals surface area contributed by atoms with Crippen molar-refractivity contribution in [3.63, 3.8) is 0 Å². The Bertz CT molecular complexity index is 617. The van der Waals surface area contributed by atoms with Gasteiger partial charge in [0.1, 0.15) is 0 Å². The third-order valence-corrected chi connectivity index (χ3v) is 4.13. The summed E-state index contributed by atoms with van der Waals surface area (Å²) in [4.78, 5) is 4.43. The first-order valence-electron chi connectivity index (χ1n) is 6.23. The zero-order valence-electron chi connectivity index (χ0n) is 10.8. The van der Waals surface area contributed by atoms with Crippen molar-refractivity contribution in [2.75, 3.05) is 20.3 Å². The summed E-state index contributed by atoms with van der Waals surface area (Å²) >= 11 is 11.9. The fourth-order valence-corrected chi connectivity index (χ4v) is 2.52. The van der Waals surface area contributed by atoms with E-state index in [2.05, 4.69) is 15.5 Å². The van der Waals surface area contributed by atoms with Gasteiger partial charge in [-0.25, -0.2) is 0 Å². The molecule has 1 fully saturated rings. The number of benzene rings is 1. The molecule has 2 atom stereocenters. The predicted molar refractivity (Wildman–Crippen MR) is 76.2 cm³/mol. The second-order valence-electron chi connectivity index (χ2n) is 4.62. The summed E-state index contributed by atoms with van der Waals surface area (Å²) in [6, 6.07) is 5.43. The highest BCUT2D eigenvalue weighted by Gasteiger charge is 2.33. The molecule has 7 heteroatoms. The van der Waals surface area contributed by atoms with Gasteiger partial charge in [0, 0.05) is 11.6 Å². The van der Waals surface area contributed by atoms with Crippen molar-refractivity contribution in [1.82, 2.24) is 15.5 Å². The molecule has 106 valence electrons. The molecule has 5 nitrogen and oxygen atoms in total. The van der Waals surface area contributed by atoms with Gasteiger partial charge >= 0.3 is 0 Å². The van der Waals surface area contributed by atoms with Crippen molar-refractivity contribution in [1.29, 1.82) is 0 Å². The van der Waals surface area contributed by atoms with Crippen molar-refractivity contribution >= 4 is 23.2 Å². The summed E-state index contributed by atoms with van der Waals surface area (Å²) in [5, 5.41) is 8.15. The zero-order valence-corrected chi connectivity index (χ0v) is 12.3. The van der Waals surface area contributed by atoms with Crippen LogP contribution in [0.1, 0.15) is 11.8 Å². The molecule has 1 aliphatic heterocycles. The van der Waals surface area contributed by atoms with Gasteiger partial charge in [0.2, 0.25) is 11.7 Å². The van der Waals surface area contributed by atoms with E-state index in [-0.39, 0.29) is 12.0 Å². The summed E-state index contributed by atoms with van der Waals surface area (Å²) in [6.45, 7) is 1.22. The van der Waals surface area contributed by atoms with Gasteiger partial charge in [-0.05, 0) is 25.2 Å². The van der Waals surface area contributed by atoms with E-state index in [0.29, 0.717) is 35.0 Å². The second-order valence-corrected chi connectivity index (χ2v) is 5.44. The van der Waals surface area contributed by atoms with Crippen LogP contribution in [0, 0.1) is 0 Å². The van der Waals surface area contributed by atoms with Crippen LogP contribution in [0.4, 0.5) is 0 Å². The first kappa shape index (κ1) is 13.8. The number of halogens is 2. The number of nitrogens with one attached hydrogen (secondary N) is 1. The number of nitrogens with zero attached hydrogens (tertiary/aromatic N) is 2. The summed E-state index contributed by atoms with van der Waals surface area (Å²) in [5.74, 6) is 1.15. The van der Waals surface area contributed by atoms with E-state index in [1.165, 1.54) is 0 Å². The minimum absolute atomic E-state index is 0.0732. The predicted octanol–water partition coefficient (Wildman–Crippen LogP) is 2.75. The molecule has 0 radical (unpaired) electrons. The molecule has 1 N–H and O–H groups in total. The minimum Gasteiger partial charge on any atom is -0.379 e. The number of likely N-dealkylation sites (N-methyl/N-ethyl adjacent to an activating group) is 1. The monoisotopic (exact) mass is 313 g/mol. The summed E-state index contributed by atoms with van der Waals surface area (Å²) in [5.41, 5.74) is 0.773. The molecule has 2 unspecified atom stereocenters. The van der Waals surface area contributed by atoms with Gasteiger partial charge in [0.15, 0.2) is 0 Å². The van der Waals surface area contributed by atoms with Crippen molar-refractivity contribution in [3.05, 3.63) is 34.1 Å². The molecular formula is C13H13Cl2N3O2. The van der Waals surface area contributed by atoms with Crippen LogP contribution in [0.5, 0.6) is 0 Å². The lowest BCUT2D eigenvalue weighted by molar-refractivity contribution is 0.185. The minimum atomic E-state index is 0.0732. The third-order valence-electron chi connectivity index (χ3n) is 3.39. The van der Waals surface area contributed by atoms with Gasteiger partial charge in [-0.3, -0.25) is 0 Å². The Kier molecular flexibility index (Phi) is 3.94. The van der Waals surface area contributed by atoms with Gasteiger partial charge in [-0.15, -0.1) is 0 Å². The van der Waals surface area contributed by atoms with Crippen LogP contribution in [0.2, 0.25) is 10.0 Å². The molecule has 2 heterocycles. The maximum atomic E-state index is 6.00. The van der Waals surface area contributed by atoms with Crippen molar-refractivity contribution in [2.24, 2.45) is 0 Å². The molecule has 0 spiro atoms. The highest BCUT2D eigenvalue weighted by Crippen LogP contribution is 2.29. The highest BCUT2D eigenvalue weighted by atomic mass is 35.5. The van der Waals surface area contributed by atoms with Crippen LogP contribution in [0.25, 0.3) is 11.4 Å². The Hall–Kier alpha value is -1.14. The Morgan fingerprint density at radius 1 is 1.25 bits per heavy atom. The van der Waals surface area contributed by atoms with Crippen LogP contribution in [-0.2, 0) is 4.74 Å². The molecule has 20 heavy (non-hydrogen) atoms. The van der Waals surface area contributed by atoms with E-state index >= 15 is 0 Å². The fourth-order valence-electron chi connectivity index (χ4n) is 2.22. The van der Waals surface area contributed by atoms with E-state index < -0.39 is 0 Å².